The van der Waals surface area contributed by atoms with Crippen molar-refractivity contribution in [1.29, 1.82) is 0 Å². The lowest BCUT2D eigenvalue weighted by Crippen LogP contribution is -2.24. The fourth-order valence-corrected chi connectivity index (χ4v) is 4.67. The number of nitrogens with one attached hydrogen (secondary N) is 2. The number of nitrogens with zero attached hydrogens (tertiary/aromatic N) is 1. The van der Waals surface area contributed by atoms with Crippen molar-refractivity contribution in [2.24, 2.45) is 0 Å². The SMILES string of the molecule is COC(=O)CCc1cccc(/C(Nc2ccc(N(C)S(C)(=O)=O)cc2)=C2/C(=O)Nc3cc(Cl)ccc32)c1. The molecule has 1 aliphatic heterocycles. The molecule has 0 saturated heterocycles. The van der Waals surface area contributed by atoms with E-state index >= 15 is 0 Å². The first-order valence-corrected chi connectivity index (χ1v) is 13.6. The van der Waals surface area contributed by atoms with Crippen LogP contribution in [0.2, 0.25) is 5.02 Å². The molecule has 1 heterocycles. The summed E-state index contributed by atoms with van der Waals surface area (Å²) in [5, 5.41) is 6.73. The van der Waals surface area contributed by atoms with Gasteiger partial charge in [-0.25, -0.2) is 8.42 Å². The number of benzene rings is 3. The van der Waals surface area contributed by atoms with Gasteiger partial charge in [-0.1, -0.05) is 35.9 Å². The van der Waals surface area contributed by atoms with Crippen molar-refractivity contribution in [1.82, 2.24) is 0 Å². The smallest absolute Gasteiger partial charge is 0.305 e. The van der Waals surface area contributed by atoms with Gasteiger partial charge in [0.15, 0.2) is 0 Å². The number of methoxy groups -OCH3 is 1. The van der Waals surface area contributed by atoms with Crippen LogP contribution in [0.5, 0.6) is 0 Å². The van der Waals surface area contributed by atoms with Gasteiger partial charge in [-0.3, -0.25) is 13.9 Å². The van der Waals surface area contributed by atoms with Crippen LogP contribution in [0.1, 0.15) is 23.1 Å². The molecule has 0 saturated carbocycles. The number of hydrogen-bond acceptors (Lipinski definition) is 6. The maximum atomic E-state index is 13.2. The van der Waals surface area contributed by atoms with E-state index in [1.807, 2.05) is 24.3 Å². The third-order valence-corrected chi connectivity index (χ3v) is 7.48. The first-order chi connectivity index (χ1) is 17.6. The first kappa shape index (κ1) is 26.2. The maximum absolute atomic E-state index is 13.2. The van der Waals surface area contributed by atoms with E-state index in [1.54, 1.807) is 42.5 Å². The zero-order valence-corrected chi connectivity index (χ0v) is 22.1. The van der Waals surface area contributed by atoms with Crippen LogP contribution in [0.15, 0.2) is 66.7 Å². The topological polar surface area (TPSA) is 105 Å². The summed E-state index contributed by atoms with van der Waals surface area (Å²) < 4.78 is 29.7. The van der Waals surface area contributed by atoms with Crippen LogP contribution in [0, 0.1) is 0 Å². The third kappa shape index (κ3) is 5.95. The molecular formula is C27H26ClN3O5S. The number of aryl methyl sites for hydroxylation is 1. The molecule has 0 aliphatic carbocycles. The Morgan fingerprint density at radius 2 is 1.81 bits per heavy atom. The number of halogens is 1. The number of fused-ring (bicyclic) bond motifs is 1. The Morgan fingerprint density at radius 1 is 1.08 bits per heavy atom. The maximum Gasteiger partial charge on any atom is 0.305 e. The van der Waals surface area contributed by atoms with E-state index in [2.05, 4.69) is 10.6 Å². The molecule has 192 valence electrons. The molecule has 3 aromatic carbocycles. The van der Waals surface area contributed by atoms with Crippen LogP contribution >= 0.6 is 11.6 Å². The number of rotatable bonds is 8. The minimum absolute atomic E-state index is 0.233. The van der Waals surface area contributed by atoms with Crippen LogP contribution in [0.4, 0.5) is 17.1 Å². The van der Waals surface area contributed by atoms with Crippen LogP contribution in [0.3, 0.4) is 0 Å². The molecule has 0 fully saturated rings. The Labute approximate surface area is 220 Å². The van der Waals surface area contributed by atoms with Gasteiger partial charge in [-0.05, 0) is 60.0 Å². The van der Waals surface area contributed by atoms with Crippen molar-refractivity contribution in [3.8, 4) is 0 Å². The van der Waals surface area contributed by atoms with Crippen molar-refractivity contribution in [3.63, 3.8) is 0 Å². The lowest BCUT2D eigenvalue weighted by Gasteiger charge is -2.19. The number of carbonyl (C=O) groups excluding carboxylic acids is 2. The molecular weight excluding hydrogens is 514 g/mol. The van der Waals surface area contributed by atoms with Crippen LogP contribution in [-0.2, 0) is 30.8 Å². The normalized spacial score (nSPS) is 14.0. The summed E-state index contributed by atoms with van der Waals surface area (Å²) in [6.45, 7) is 0. The Balaban J connectivity index is 1.78. The number of amides is 1. The summed E-state index contributed by atoms with van der Waals surface area (Å²) in [6.07, 6.45) is 1.85. The quantitative estimate of drug-likeness (QED) is 0.315. The van der Waals surface area contributed by atoms with E-state index < -0.39 is 10.0 Å². The van der Waals surface area contributed by atoms with E-state index in [-0.39, 0.29) is 18.3 Å². The number of hydrogen-bond donors (Lipinski definition) is 2. The minimum atomic E-state index is -3.40. The van der Waals surface area contributed by atoms with Gasteiger partial charge in [0.2, 0.25) is 10.0 Å². The van der Waals surface area contributed by atoms with E-state index in [4.69, 9.17) is 16.3 Å². The highest BCUT2D eigenvalue weighted by Crippen LogP contribution is 2.39. The van der Waals surface area contributed by atoms with Gasteiger partial charge in [-0.15, -0.1) is 0 Å². The molecule has 1 aliphatic rings. The molecule has 1 amide bonds. The molecule has 0 unspecified atom stereocenters. The lowest BCUT2D eigenvalue weighted by atomic mass is 9.97. The van der Waals surface area contributed by atoms with Crippen LogP contribution < -0.4 is 14.9 Å². The zero-order chi connectivity index (χ0) is 26.7. The second kappa shape index (κ2) is 10.7. The zero-order valence-electron chi connectivity index (χ0n) is 20.5. The van der Waals surface area contributed by atoms with Crippen molar-refractivity contribution < 1.29 is 22.7 Å². The van der Waals surface area contributed by atoms with E-state index in [0.29, 0.717) is 45.3 Å². The van der Waals surface area contributed by atoms with Gasteiger partial charge < -0.3 is 15.4 Å². The summed E-state index contributed by atoms with van der Waals surface area (Å²) in [4.78, 5) is 24.8. The van der Waals surface area contributed by atoms with Gasteiger partial charge in [-0.2, -0.15) is 0 Å². The number of carbonyl (C=O) groups is 2. The molecule has 8 nitrogen and oxygen atoms in total. The monoisotopic (exact) mass is 539 g/mol. The van der Waals surface area contributed by atoms with Gasteiger partial charge in [0.25, 0.3) is 5.91 Å². The molecule has 0 bridgehead atoms. The van der Waals surface area contributed by atoms with Gasteiger partial charge in [0.1, 0.15) is 0 Å². The predicted molar refractivity (Wildman–Crippen MR) is 147 cm³/mol. The summed E-state index contributed by atoms with van der Waals surface area (Å²) in [5.41, 5.74) is 5.12. The second-order valence-corrected chi connectivity index (χ2v) is 11.0. The fourth-order valence-electron chi connectivity index (χ4n) is 3.99. The highest BCUT2D eigenvalue weighted by atomic mass is 35.5. The van der Waals surface area contributed by atoms with Crippen LogP contribution in [-0.4, -0.2) is 40.7 Å². The number of anilines is 3. The van der Waals surface area contributed by atoms with Gasteiger partial charge in [0.05, 0.1) is 36.0 Å². The second-order valence-electron chi connectivity index (χ2n) is 8.57. The van der Waals surface area contributed by atoms with Crippen LogP contribution in [0.25, 0.3) is 11.3 Å². The molecule has 0 aromatic heterocycles. The predicted octanol–water partition coefficient (Wildman–Crippen LogP) is 4.77. The fraction of sp³-hybridized carbons (Fsp3) is 0.185. The Bertz CT molecular complexity index is 1500. The van der Waals surface area contributed by atoms with Crippen molar-refractivity contribution in [2.45, 2.75) is 12.8 Å². The molecule has 0 radical (unpaired) electrons. The Morgan fingerprint density at radius 3 is 2.49 bits per heavy atom. The summed E-state index contributed by atoms with van der Waals surface area (Å²) >= 11 is 6.14. The molecule has 3 aromatic rings. The minimum Gasteiger partial charge on any atom is -0.469 e. The standard InChI is InChI=1S/C27H26ClN3O5S/c1-31(37(3,34)35)21-11-9-20(10-12-21)29-26(18-6-4-5-17(15-18)7-14-24(32)36-2)25-22-13-8-19(28)16-23(22)30-27(25)33/h4-6,8-13,15-16,29H,7,14H2,1-3H3,(H,30,33)/b26-25-. The van der Waals surface area contributed by atoms with Crippen molar-refractivity contribution >= 4 is 61.8 Å². The molecule has 4 rings (SSSR count). The Kier molecular flexibility index (Phi) is 7.56. The summed E-state index contributed by atoms with van der Waals surface area (Å²) in [6, 6.07) is 19.6. The summed E-state index contributed by atoms with van der Waals surface area (Å²) in [7, 11) is -0.568. The lowest BCUT2D eigenvalue weighted by molar-refractivity contribution is -0.140. The van der Waals surface area contributed by atoms with E-state index in [0.717, 1.165) is 17.4 Å². The Hall–Kier alpha value is -3.82. The molecule has 0 spiro atoms. The van der Waals surface area contributed by atoms with Crippen molar-refractivity contribution in [2.75, 3.05) is 35.4 Å². The number of esters is 1. The van der Waals surface area contributed by atoms with E-state index in [1.165, 1.54) is 18.5 Å². The molecule has 37 heavy (non-hydrogen) atoms. The van der Waals surface area contributed by atoms with E-state index in [9.17, 15) is 18.0 Å². The van der Waals surface area contributed by atoms with Crippen molar-refractivity contribution in [3.05, 3.63) is 88.4 Å². The highest BCUT2D eigenvalue weighted by Gasteiger charge is 2.29. The molecule has 2 N–H and O–H groups in total. The third-order valence-electron chi connectivity index (χ3n) is 6.04. The average Bonchev–Trinajstić information content (AvgIpc) is 3.19. The first-order valence-electron chi connectivity index (χ1n) is 11.4. The molecule has 0 atom stereocenters. The largest absolute Gasteiger partial charge is 0.469 e. The average molecular weight is 540 g/mol. The molecule has 10 heteroatoms. The summed E-state index contributed by atoms with van der Waals surface area (Å²) in [5.74, 6) is -0.588. The number of ether oxygens (including phenoxy) is 1. The highest BCUT2D eigenvalue weighted by molar-refractivity contribution is 7.92. The number of sulfonamides is 1. The van der Waals surface area contributed by atoms with Gasteiger partial charge in [0, 0.05) is 29.7 Å². The van der Waals surface area contributed by atoms with Gasteiger partial charge >= 0.3 is 5.97 Å².